The maximum absolute atomic E-state index is 12.5. The fraction of sp³-hybridized carbons (Fsp3) is 0.636. The summed E-state index contributed by atoms with van der Waals surface area (Å²) < 4.78 is 0. The highest BCUT2D eigenvalue weighted by Gasteiger charge is 2.45. The van der Waals surface area contributed by atoms with Crippen molar-refractivity contribution in [3.8, 4) is 0 Å². The standard InChI is InChI=1S/C22H33N3O2/c1-17(2)15-25-16-22(13-20(25)26)9-11-24(12-10-22)18(3)21(27)23-14-19-7-5-4-6-8-19/h4-8,17-18H,9-16H2,1-3H3,(H,23,27)/t18-/m1/s1. The molecule has 0 aromatic heterocycles. The quantitative estimate of drug-likeness (QED) is 0.836. The molecule has 1 aromatic carbocycles. The van der Waals surface area contributed by atoms with Crippen molar-refractivity contribution in [2.75, 3.05) is 26.2 Å². The van der Waals surface area contributed by atoms with Gasteiger partial charge in [-0.2, -0.15) is 0 Å². The molecule has 5 nitrogen and oxygen atoms in total. The summed E-state index contributed by atoms with van der Waals surface area (Å²) in [6.07, 6.45) is 2.69. The number of nitrogens with one attached hydrogen (secondary N) is 1. The topological polar surface area (TPSA) is 52.6 Å². The van der Waals surface area contributed by atoms with Gasteiger partial charge in [0.25, 0.3) is 0 Å². The summed E-state index contributed by atoms with van der Waals surface area (Å²) in [5, 5.41) is 3.05. The van der Waals surface area contributed by atoms with Gasteiger partial charge in [0.2, 0.25) is 11.8 Å². The van der Waals surface area contributed by atoms with Gasteiger partial charge < -0.3 is 10.2 Å². The number of likely N-dealkylation sites (tertiary alicyclic amines) is 2. The molecule has 2 saturated heterocycles. The highest BCUT2D eigenvalue weighted by Crippen LogP contribution is 2.41. The Morgan fingerprint density at radius 3 is 2.44 bits per heavy atom. The van der Waals surface area contributed by atoms with Gasteiger partial charge in [-0.05, 0) is 49.8 Å². The van der Waals surface area contributed by atoms with E-state index < -0.39 is 0 Å². The van der Waals surface area contributed by atoms with Crippen LogP contribution in [0.2, 0.25) is 0 Å². The second-order valence-corrected chi connectivity index (χ2v) is 8.76. The first-order valence-electron chi connectivity index (χ1n) is 10.2. The predicted octanol–water partition coefficient (Wildman–Crippen LogP) is 2.66. The third-order valence-electron chi connectivity index (χ3n) is 6.09. The zero-order valence-electron chi connectivity index (χ0n) is 16.9. The van der Waals surface area contributed by atoms with Crippen LogP contribution >= 0.6 is 0 Å². The summed E-state index contributed by atoms with van der Waals surface area (Å²) in [5.41, 5.74) is 1.24. The summed E-state index contributed by atoms with van der Waals surface area (Å²) in [6, 6.07) is 9.87. The lowest BCUT2D eigenvalue weighted by Crippen LogP contribution is -2.50. The molecule has 0 saturated carbocycles. The molecule has 2 fully saturated rings. The van der Waals surface area contributed by atoms with Gasteiger partial charge in [-0.15, -0.1) is 0 Å². The number of benzene rings is 1. The van der Waals surface area contributed by atoms with Crippen molar-refractivity contribution in [2.24, 2.45) is 11.3 Å². The largest absolute Gasteiger partial charge is 0.351 e. The lowest BCUT2D eigenvalue weighted by Gasteiger charge is -2.41. The molecule has 5 heteroatoms. The van der Waals surface area contributed by atoms with Crippen LogP contribution in [0.3, 0.4) is 0 Å². The van der Waals surface area contributed by atoms with E-state index in [1.807, 2.05) is 37.3 Å². The summed E-state index contributed by atoms with van der Waals surface area (Å²) in [5.74, 6) is 0.905. The number of carbonyl (C=O) groups excluding carboxylic acids is 2. The van der Waals surface area contributed by atoms with Gasteiger partial charge in [0.05, 0.1) is 6.04 Å². The van der Waals surface area contributed by atoms with E-state index in [1.54, 1.807) is 0 Å². The van der Waals surface area contributed by atoms with Gasteiger partial charge in [0, 0.05) is 26.1 Å². The van der Waals surface area contributed by atoms with Gasteiger partial charge in [-0.25, -0.2) is 0 Å². The third-order valence-corrected chi connectivity index (χ3v) is 6.09. The molecule has 148 valence electrons. The van der Waals surface area contributed by atoms with E-state index >= 15 is 0 Å². The Morgan fingerprint density at radius 2 is 1.81 bits per heavy atom. The molecular formula is C22H33N3O2. The van der Waals surface area contributed by atoms with Gasteiger partial charge in [-0.3, -0.25) is 14.5 Å². The zero-order valence-corrected chi connectivity index (χ0v) is 16.9. The Balaban J connectivity index is 1.48. The van der Waals surface area contributed by atoms with Crippen LogP contribution in [-0.2, 0) is 16.1 Å². The Labute approximate surface area is 163 Å². The fourth-order valence-corrected chi connectivity index (χ4v) is 4.41. The molecule has 1 spiro atoms. The first kappa shape index (κ1) is 19.9. The molecule has 27 heavy (non-hydrogen) atoms. The molecule has 1 N–H and O–H groups in total. The average molecular weight is 372 g/mol. The third kappa shape index (κ3) is 4.89. The number of carbonyl (C=O) groups is 2. The molecule has 3 rings (SSSR count). The second kappa shape index (κ2) is 8.42. The molecule has 0 bridgehead atoms. The molecule has 1 atom stereocenters. The van der Waals surface area contributed by atoms with Crippen molar-refractivity contribution in [3.05, 3.63) is 35.9 Å². The molecule has 2 aliphatic rings. The molecule has 2 amide bonds. The Bertz CT molecular complexity index is 651. The average Bonchev–Trinajstić information content (AvgIpc) is 2.94. The van der Waals surface area contributed by atoms with Crippen molar-refractivity contribution in [1.82, 2.24) is 15.1 Å². The van der Waals surface area contributed by atoms with Crippen molar-refractivity contribution < 1.29 is 9.59 Å². The monoisotopic (exact) mass is 371 g/mol. The lowest BCUT2D eigenvalue weighted by molar-refractivity contribution is -0.129. The van der Waals surface area contributed by atoms with Gasteiger partial charge in [0.1, 0.15) is 0 Å². The Hall–Kier alpha value is -1.88. The number of rotatable bonds is 6. The van der Waals surface area contributed by atoms with Crippen LogP contribution in [0.4, 0.5) is 0 Å². The van der Waals surface area contributed by atoms with Crippen LogP contribution in [0.15, 0.2) is 30.3 Å². The van der Waals surface area contributed by atoms with E-state index in [0.717, 1.165) is 44.6 Å². The van der Waals surface area contributed by atoms with E-state index in [4.69, 9.17) is 0 Å². The van der Waals surface area contributed by atoms with E-state index in [2.05, 4.69) is 29.0 Å². The highest BCUT2D eigenvalue weighted by atomic mass is 16.2. The minimum Gasteiger partial charge on any atom is -0.351 e. The van der Waals surface area contributed by atoms with Crippen LogP contribution in [0.1, 0.15) is 45.6 Å². The Morgan fingerprint density at radius 1 is 1.15 bits per heavy atom. The van der Waals surface area contributed by atoms with Gasteiger partial charge in [-0.1, -0.05) is 44.2 Å². The van der Waals surface area contributed by atoms with Crippen LogP contribution in [-0.4, -0.2) is 53.8 Å². The van der Waals surface area contributed by atoms with Crippen molar-refractivity contribution in [3.63, 3.8) is 0 Å². The summed E-state index contributed by atoms with van der Waals surface area (Å²) in [7, 11) is 0. The number of hydrogen-bond acceptors (Lipinski definition) is 3. The molecule has 2 heterocycles. The first-order valence-corrected chi connectivity index (χ1v) is 10.2. The summed E-state index contributed by atoms with van der Waals surface area (Å²) in [4.78, 5) is 29.2. The molecule has 0 aliphatic carbocycles. The smallest absolute Gasteiger partial charge is 0.237 e. The minimum absolute atomic E-state index is 0.0822. The number of piperidine rings is 1. The second-order valence-electron chi connectivity index (χ2n) is 8.76. The van der Waals surface area contributed by atoms with Gasteiger partial charge in [0.15, 0.2) is 0 Å². The normalized spacial score (nSPS) is 21.0. The molecule has 0 unspecified atom stereocenters. The predicted molar refractivity (Wildman–Crippen MR) is 107 cm³/mol. The highest BCUT2D eigenvalue weighted by molar-refractivity contribution is 5.81. The SMILES string of the molecule is CC(C)CN1CC2(CCN([C@H](C)C(=O)NCc3ccccc3)CC2)CC1=O. The van der Waals surface area contributed by atoms with Crippen LogP contribution in [0.25, 0.3) is 0 Å². The van der Waals surface area contributed by atoms with E-state index in [1.165, 1.54) is 0 Å². The first-order chi connectivity index (χ1) is 12.9. The van der Waals surface area contributed by atoms with Gasteiger partial charge >= 0.3 is 0 Å². The van der Waals surface area contributed by atoms with E-state index in [-0.39, 0.29) is 17.4 Å². The lowest BCUT2D eigenvalue weighted by atomic mass is 9.77. The van der Waals surface area contributed by atoms with E-state index in [9.17, 15) is 9.59 Å². The number of amides is 2. The summed E-state index contributed by atoms with van der Waals surface area (Å²) >= 11 is 0. The fourth-order valence-electron chi connectivity index (χ4n) is 4.41. The van der Waals surface area contributed by atoms with Crippen molar-refractivity contribution in [2.45, 2.75) is 52.6 Å². The molecule has 1 aromatic rings. The summed E-state index contributed by atoms with van der Waals surface area (Å²) in [6.45, 7) is 10.4. The number of hydrogen-bond donors (Lipinski definition) is 1. The molecule has 2 aliphatic heterocycles. The maximum Gasteiger partial charge on any atom is 0.237 e. The van der Waals surface area contributed by atoms with Crippen molar-refractivity contribution >= 4 is 11.8 Å². The maximum atomic E-state index is 12.5. The van der Waals surface area contributed by atoms with Crippen LogP contribution in [0.5, 0.6) is 0 Å². The van der Waals surface area contributed by atoms with Crippen LogP contribution < -0.4 is 5.32 Å². The molecule has 0 radical (unpaired) electrons. The van der Waals surface area contributed by atoms with Crippen molar-refractivity contribution in [1.29, 1.82) is 0 Å². The van der Waals surface area contributed by atoms with E-state index in [0.29, 0.717) is 24.8 Å². The number of nitrogens with zero attached hydrogens (tertiary/aromatic N) is 2. The molecular weight excluding hydrogens is 338 g/mol. The Kier molecular flexibility index (Phi) is 6.20. The minimum atomic E-state index is -0.130. The zero-order chi connectivity index (χ0) is 19.4. The van der Waals surface area contributed by atoms with Crippen LogP contribution in [0, 0.1) is 11.3 Å².